The average Bonchev–Trinajstić information content (AvgIpc) is 3.45. The number of nitrogens with zero attached hydrogens (tertiary/aromatic N) is 2. The van der Waals surface area contributed by atoms with Crippen LogP contribution < -0.4 is 14.5 Å². The van der Waals surface area contributed by atoms with Gasteiger partial charge in [-0.3, -0.25) is 14.5 Å². The van der Waals surface area contributed by atoms with Crippen molar-refractivity contribution in [2.24, 2.45) is 0 Å². The van der Waals surface area contributed by atoms with Crippen molar-refractivity contribution in [3.05, 3.63) is 94.6 Å². The summed E-state index contributed by atoms with van der Waals surface area (Å²) in [6.45, 7) is 4.82. The first-order valence-corrected chi connectivity index (χ1v) is 12.2. The van der Waals surface area contributed by atoms with Gasteiger partial charge < -0.3 is 14.7 Å². The number of aliphatic hydroxyl groups excluding tert-OH is 1. The number of hydrogen-bond acceptors (Lipinski definition) is 5. The SMILES string of the molecule is CC(C)c1ccc(C2/C(=C(/O)c3ccc4c(c3)CCO4)C(=O)C(=O)N2c2ccc(N(C)C)cc2)cc1. The number of carbonyl (C=O) groups is 2. The quantitative estimate of drug-likeness (QED) is 0.298. The Morgan fingerprint density at radius 3 is 2.33 bits per heavy atom. The van der Waals surface area contributed by atoms with E-state index < -0.39 is 17.7 Å². The predicted octanol–water partition coefficient (Wildman–Crippen LogP) is 5.44. The fourth-order valence-corrected chi connectivity index (χ4v) is 4.88. The molecule has 1 N–H and O–H groups in total. The molecule has 0 radical (unpaired) electrons. The molecule has 2 heterocycles. The molecule has 6 nitrogen and oxygen atoms in total. The molecule has 1 atom stereocenters. The van der Waals surface area contributed by atoms with Crippen LogP contribution in [0.25, 0.3) is 5.76 Å². The van der Waals surface area contributed by atoms with Gasteiger partial charge in [-0.1, -0.05) is 38.1 Å². The molecule has 6 heteroatoms. The Morgan fingerprint density at radius 1 is 1.00 bits per heavy atom. The Labute approximate surface area is 211 Å². The lowest BCUT2D eigenvalue weighted by atomic mass is 9.92. The summed E-state index contributed by atoms with van der Waals surface area (Å²) in [5, 5.41) is 11.4. The molecular weight excluding hydrogens is 452 g/mol. The van der Waals surface area contributed by atoms with Crippen molar-refractivity contribution < 1.29 is 19.4 Å². The van der Waals surface area contributed by atoms with Gasteiger partial charge in [0.1, 0.15) is 11.5 Å². The first-order chi connectivity index (χ1) is 17.3. The van der Waals surface area contributed by atoms with Gasteiger partial charge in [-0.15, -0.1) is 0 Å². The zero-order valence-electron chi connectivity index (χ0n) is 21.0. The molecule has 2 aliphatic heterocycles. The van der Waals surface area contributed by atoms with Crippen molar-refractivity contribution >= 4 is 28.8 Å². The monoisotopic (exact) mass is 482 g/mol. The number of benzene rings is 3. The van der Waals surface area contributed by atoms with Gasteiger partial charge in [0.15, 0.2) is 0 Å². The van der Waals surface area contributed by atoms with Crippen LogP contribution in [0.2, 0.25) is 0 Å². The fraction of sp³-hybridized carbons (Fsp3) is 0.267. The van der Waals surface area contributed by atoms with Crippen molar-refractivity contribution in [3.8, 4) is 5.75 Å². The molecule has 2 aliphatic rings. The van der Waals surface area contributed by atoms with Gasteiger partial charge in [0, 0.05) is 37.5 Å². The van der Waals surface area contributed by atoms with E-state index in [1.165, 1.54) is 4.90 Å². The maximum absolute atomic E-state index is 13.4. The van der Waals surface area contributed by atoms with Crippen molar-refractivity contribution in [1.29, 1.82) is 0 Å². The summed E-state index contributed by atoms with van der Waals surface area (Å²) in [6, 6.07) is 20.0. The highest BCUT2D eigenvalue weighted by molar-refractivity contribution is 6.51. The third kappa shape index (κ3) is 4.02. The number of fused-ring (bicyclic) bond motifs is 1. The van der Waals surface area contributed by atoms with Gasteiger partial charge in [-0.2, -0.15) is 0 Å². The molecule has 184 valence electrons. The highest BCUT2D eigenvalue weighted by Gasteiger charge is 2.47. The third-order valence-electron chi connectivity index (χ3n) is 6.97. The number of ether oxygens (including phenoxy) is 1. The van der Waals surface area contributed by atoms with Crippen LogP contribution >= 0.6 is 0 Å². The zero-order valence-corrected chi connectivity index (χ0v) is 21.0. The van der Waals surface area contributed by atoms with E-state index in [2.05, 4.69) is 13.8 Å². The normalized spacial score (nSPS) is 18.5. The third-order valence-corrected chi connectivity index (χ3v) is 6.97. The highest BCUT2D eigenvalue weighted by atomic mass is 16.5. The van der Waals surface area contributed by atoms with E-state index >= 15 is 0 Å². The van der Waals surface area contributed by atoms with Crippen molar-refractivity contribution in [2.45, 2.75) is 32.2 Å². The van der Waals surface area contributed by atoms with Crippen LogP contribution in [-0.4, -0.2) is 37.5 Å². The summed E-state index contributed by atoms with van der Waals surface area (Å²) in [6.07, 6.45) is 0.739. The van der Waals surface area contributed by atoms with Crippen LogP contribution in [-0.2, 0) is 16.0 Å². The van der Waals surface area contributed by atoms with E-state index in [9.17, 15) is 14.7 Å². The van der Waals surface area contributed by atoms with Crippen molar-refractivity contribution in [2.75, 3.05) is 30.5 Å². The second kappa shape index (κ2) is 9.19. The number of anilines is 2. The van der Waals surface area contributed by atoms with Gasteiger partial charge in [-0.05, 0) is 65.1 Å². The number of amides is 1. The molecule has 5 rings (SSSR count). The Kier molecular flexibility index (Phi) is 6.04. The van der Waals surface area contributed by atoms with E-state index in [4.69, 9.17) is 4.74 Å². The minimum Gasteiger partial charge on any atom is -0.507 e. The van der Waals surface area contributed by atoms with Gasteiger partial charge >= 0.3 is 0 Å². The number of Topliss-reactive ketones (excluding diaryl/α,β-unsaturated/α-hetero) is 1. The minimum absolute atomic E-state index is 0.0906. The number of hydrogen-bond donors (Lipinski definition) is 1. The van der Waals surface area contributed by atoms with E-state index in [0.717, 1.165) is 34.5 Å². The second-order valence-corrected chi connectivity index (χ2v) is 9.82. The number of aliphatic hydroxyl groups is 1. The summed E-state index contributed by atoms with van der Waals surface area (Å²) in [7, 11) is 3.89. The first kappa shape index (κ1) is 23.7. The molecule has 36 heavy (non-hydrogen) atoms. The number of ketones is 1. The summed E-state index contributed by atoms with van der Waals surface area (Å²) >= 11 is 0. The molecule has 0 saturated carbocycles. The molecule has 0 bridgehead atoms. The lowest BCUT2D eigenvalue weighted by Crippen LogP contribution is -2.29. The topological polar surface area (TPSA) is 70.1 Å². The van der Waals surface area contributed by atoms with E-state index in [1.54, 1.807) is 12.1 Å². The lowest BCUT2D eigenvalue weighted by molar-refractivity contribution is -0.132. The van der Waals surface area contributed by atoms with E-state index in [-0.39, 0.29) is 11.3 Å². The van der Waals surface area contributed by atoms with Gasteiger partial charge in [0.25, 0.3) is 11.7 Å². The molecular formula is C30H30N2O4. The van der Waals surface area contributed by atoms with Crippen LogP contribution in [0.15, 0.2) is 72.3 Å². The zero-order chi connectivity index (χ0) is 25.6. The second-order valence-electron chi connectivity index (χ2n) is 9.82. The summed E-state index contributed by atoms with van der Waals surface area (Å²) in [4.78, 5) is 30.3. The maximum Gasteiger partial charge on any atom is 0.300 e. The maximum atomic E-state index is 13.4. The molecule has 3 aromatic carbocycles. The number of rotatable bonds is 5. The lowest BCUT2D eigenvalue weighted by Gasteiger charge is -2.26. The van der Waals surface area contributed by atoms with Gasteiger partial charge in [0.2, 0.25) is 0 Å². The molecule has 1 fully saturated rings. The Hall–Kier alpha value is -4.06. The van der Waals surface area contributed by atoms with Crippen LogP contribution in [0.1, 0.15) is 48.1 Å². The number of carbonyl (C=O) groups excluding carboxylic acids is 2. The molecule has 1 amide bonds. The first-order valence-electron chi connectivity index (χ1n) is 12.2. The minimum atomic E-state index is -0.749. The summed E-state index contributed by atoms with van der Waals surface area (Å²) < 4.78 is 5.59. The van der Waals surface area contributed by atoms with Crippen LogP contribution in [0.5, 0.6) is 5.75 Å². The highest BCUT2D eigenvalue weighted by Crippen LogP contribution is 2.43. The van der Waals surface area contributed by atoms with Gasteiger partial charge in [0.05, 0.1) is 18.2 Å². The Balaban J connectivity index is 1.66. The van der Waals surface area contributed by atoms with Crippen molar-refractivity contribution in [3.63, 3.8) is 0 Å². The molecule has 0 spiro atoms. The van der Waals surface area contributed by atoms with Crippen molar-refractivity contribution in [1.82, 2.24) is 0 Å². The summed E-state index contributed by atoms with van der Waals surface area (Å²) in [5.74, 6) is -0.393. The van der Waals surface area contributed by atoms with Crippen LogP contribution in [0.3, 0.4) is 0 Å². The largest absolute Gasteiger partial charge is 0.507 e. The van der Waals surface area contributed by atoms with Crippen LogP contribution in [0.4, 0.5) is 11.4 Å². The average molecular weight is 483 g/mol. The smallest absolute Gasteiger partial charge is 0.300 e. The molecule has 1 saturated heterocycles. The fourth-order valence-electron chi connectivity index (χ4n) is 4.88. The van der Waals surface area contributed by atoms with Crippen LogP contribution in [0, 0.1) is 0 Å². The molecule has 0 aromatic heterocycles. The standard InChI is InChI=1S/C30H30N2O4/c1-18(2)19-5-7-20(8-6-19)27-26(28(33)22-9-14-25-21(17-22)15-16-36-25)29(34)30(35)32(27)24-12-10-23(11-13-24)31(3)4/h5-14,17-18,27,33H,15-16H2,1-4H3/b28-26-. The van der Waals surface area contributed by atoms with E-state index in [1.807, 2.05) is 73.6 Å². The summed E-state index contributed by atoms with van der Waals surface area (Å²) in [5.41, 5.74) is 5.07. The Bertz CT molecular complexity index is 1350. The molecule has 1 unspecified atom stereocenters. The van der Waals surface area contributed by atoms with Gasteiger partial charge in [-0.25, -0.2) is 0 Å². The van der Waals surface area contributed by atoms with E-state index in [0.29, 0.717) is 23.8 Å². The Morgan fingerprint density at radius 2 is 1.69 bits per heavy atom. The molecule has 0 aliphatic carbocycles. The predicted molar refractivity (Wildman–Crippen MR) is 142 cm³/mol. The molecule has 3 aromatic rings.